The van der Waals surface area contributed by atoms with E-state index >= 15 is 0 Å². The van der Waals surface area contributed by atoms with Gasteiger partial charge in [-0.25, -0.2) is 9.97 Å². The van der Waals surface area contributed by atoms with Crippen molar-refractivity contribution in [2.45, 2.75) is 13.5 Å². The quantitative estimate of drug-likeness (QED) is 0.793. The zero-order chi connectivity index (χ0) is 14.5. The normalized spacial score (nSPS) is 10.3. The zero-order valence-corrected chi connectivity index (χ0v) is 11.8. The standard InChI is InChI=1S/C17H16N4/c1-13-7-5-6-10-15(13)11-18-17-20-12-19-16(21-17)14-8-3-2-4-9-14/h2-10,12H,11H2,1H3,(H,18,19,20,21). The Kier molecular flexibility index (Phi) is 3.87. The lowest BCUT2D eigenvalue weighted by molar-refractivity contribution is 1.00. The van der Waals surface area contributed by atoms with E-state index in [1.54, 1.807) is 0 Å². The largest absolute Gasteiger partial charge is 0.350 e. The summed E-state index contributed by atoms with van der Waals surface area (Å²) in [6.07, 6.45) is 1.54. The lowest BCUT2D eigenvalue weighted by Gasteiger charge is -2.08. The van der Waals surface area contributed by atoms with Gasteiger partial charge in [-0.2, -0.15) is 4.98 Å². The molecule has 0 aliphatic rings. The van der Waals surface area contributed by atoms with Crippen molar-refractivity contribution in [1.29, 1.82) is 0 Å². The fourth-order valence-corrected chi connectivity index (χ4v) is 2.09. The van der Waals surface area contributed by atoms with E-state index in [9.17, 15) is 0 Å². The maximum atomic E-state index is 4.45. The Morgan fingerprint density at radius 2 is 1.67 bits per heavy atom. The van der Waals surface area contributed by atoms with Gasteiger partial charge in [0, 0.05) is 12.1 Å². The van der Waals surface area contributed by atoms with Crippen molar-refractivity contribution in [3.05, 3.63) is 72.1 Å². The minimum atomic E-state index is 0.590. The zero-order valence-electron chi connectivity index (χ0n) is 11.8. The van der Waals surface area contributed by atoms with Gasteiger partial charge >= 0.3 is 0 Å². The smallest absolute Gasteiger partial charge is 0.226 e. The fourth-order valence-electron chi connectivity index (χ4n) is 2.09. The Labute approximate surface area is 123 Å². The molecule has 1 heterocycles. The number of rotatable bonds is 4. The van der Waals surface area contributed by atoms with Crippen molar-refractivity contribution in [2.24, 2.45) is 0 Å². The lowest BCUT2D eigenvalue weighted by Crippen LogP contribution is -2.06. The average molecular weight is 276 g/mol. The van der Waals surface area contributed by atoms with E-state index in [2.05, 4.69) is 39.3 Å². The number of anilines is 1. The summed E-state index contributed by atoms with van der Waals surface area (Å²) in [5.74, 6) is 1.27. The van der Waals surface area contributed by atoms with Crippen molar-refractivity contribution in [1.82, 2.24) is 15.0 Å². The van der Waals surface area contributed by atoms with E-state index in [1.807, 2.05) is 42.5 Å². The third kappa shape index (κ3) is 3.23. The van der Waals surface area contributed by atoms with E-state index in [-0.39, 0.29) is 0 Å². The Hall–Kier alpha value is -2.75. The summed E-state index contributed by atoms with van der Waals surface area (Å²) in [6, 6.07) is 18.2. The van der Waals surface area contributed by atoms with Crippen LogP contribution < -0.4 is 5.32 Å². The molecule has 21 heavy (non-hydrogen) atoms. The highest BCUT2D eigenvalue weighted by Gasteiger charge is 2.03. The Balaban J connectivity index is 1.77. The summed E-state index contributed by atoms with van der Waals surface area (Å²) in [6.45, 7) is 2.80. The number of hydrogen-bond donors (Lipinski definition) is 1. The van der Waals surface area contributed by atoms with Gasteiger partial charge in [-0.1, -0.05) is 54.6 Å². The number of nitrogens with zero attached hydrogens (tertiary/aromatic N) is 3. The molecule has 104 valence electrons. The number of hydrogen-bond acceptors (Lipinski definition) is 4. The Morgan fingerprint density at radius 1 is 0.905 bits per heavy atom. The second-order valence-corrected chi connectivity index (χ2v) is 4.78. The van der Waals surface area contributed by atoms with E-state index in [0.717, 1.165) is 5.56 Å². The van der Waals surface area contributed by atoms with Crippen molar-refractivity contribution in [3.63, 3.8) is 0 Å². The molecule has 1 aromatic heterocycles. The molecule has 0 spiro atoms. The van der Waals surface area contributed by atoms with Gasteiger partial charge in [0.05, 0.1) is 0 Å². The highest BCUT2D eigenvalue weighted by atomic mass is 15.1. The first-order valence-corrected chi connectivity index (χ1v) is 6.86. The van der Waals surface area contributed by atoms with Crippen LogP contribution in [0.4, 0.5) is 5.95 Å². The summed E-state index contributed by atoms with van der Waals surface area (Å²) in [5, 5.41) is 3.25. The van der Waals surface area contributed by atoms with Crippen molar-refractivity contribution in [2.75, 3.05) is 5.32 Å². The maximum absolute atomic E-state index is 4.45. The molecule has 1 N–H and O–H groups in total. The molecule has 3 rings (SSSR count). The molecule has 0 unspecified atom stereocenters. The molecule has 0 amide bonds. The Bertz CT molecular complexity index is 726. The van der Waals surface area contributed by atoms with Gasteiger partial charge in [-0.05, 0) is 18.1 Å². The number of aryl methyl sites for hydroxylation is 1. The molecule has 3 aromatic rings. The summed E-state index contributed by atoms with van der Waals surface area (Å²) >= 11 is 0. The number of aromatic nitrogens is 3. The second-order valence-electron chi connectivity index (χ2n) is 4.78. The van der Waals surface area contributed by atoms with Gasteiger partial charge in [0.2, 0.25) is 5.95 Å². The van der Waals surface area contributed by atoms with E-state index in [4.69, 9.17) is 0 Å². The third-order valence-corrected chi connectivity index (χ3v) is 3.30. The van der Waals surface area contributed by atoms with Crippen LogP contribution in [0.2, 0.25) is 0 Å². The summed E-state index contributed by atoms with van der Waals surface area (Å²) in [4.78, 5) is 12.9. The highest BCUT2D eigenvalue weighted by Crippen LogP contribution is 2.15. The molecule has 4 heteroatoms. The van der Waals surface area contributed by atoms with Crippen LogP contribution in [0.25, 0.3) is 11.4 Å². The molecule has 0 aliphatic heterocycles. The molecule has 0 saturated carbocycles. The van der Waals surface area contributed by atoms with Crippen molar-refractivity contribution >= 4 is 5.95 Å². The molecule has 2 aromatic carbocycles. The molecule has 0 radical (unpaired) electrons. The van der Waals surface area contributed by atoms with Crippen LogP contribution in [-0.2, 0) is 6.54 Å². The van der Waals surface area contributed by atoms with Crippen LogP contribution in [0.3, 0.4) is 0 Å². The second kappa shape index (κ2) is 6.13. The van der Waals surface area contributed by atoms with Crippen LogP contribution in [0, 0.1) is 6.92 Å². The number of nitrogens with one attached hydrogen (secondary N) is 1. The van der Waals surface area contributed by atoms with Gasteiger partial charge in [-0.15, -0.1) is 0 Å². The molecule has 0 fully saturated rings. The summed E-state index contributed by atoms with van der Waals surface area (Å²) in [5.41, 5.74) is 3.47. The van der Waals surface area contributed by atoms with Gasteiger partial charge in [0.1, 0.15) is 6.33 Å². The summed E-state index contributed by atoms with van der Waals surface area (Å²) in [7, 11) is 0. The maximum Gasteiger partial charge on any atom is 0.226 e. The van der Waals surface area contributed by atoms with Gasteiger partial charge in [-0.3, -0.25) is 0 Å². The van der Waals surface area contributed by atoms with Crippen LogP contribution in [0.5, 0.6) is 0 Å². The van der Waals surface area contributed by atoms with Crippen LogP contribution in [0.15, 0.2) is 60.9 Å². The average Bonchev–Trinajstić information content (AvgIpc) is 2.55. The number of benzene rings is 2. The minimum absolute atomic E-state index is 0.590. The molecule has 0 saturated heterocycles. The van der Waals surface area contributed by atoms with Crippen LogP contribution in [-0.4, -0.2) is 15.0 Å². The first-order chi connectivity index (χ1) is 10.3. The van der Waals surface area contributed by atoms with Crippen molar-refractivity contribution in [3.8, 4) is 11.4 Å². The topological polar surface area (TPSA) is 50.7 Å². The molecule has 0 aliphatic carbocycles. The third-order valence-electron chi connectivity index (χ3n) is 3.30. The molecule has 4 nitrogen and oxygen atoms in total. The monoisotopic (exact) mass is 276 g/mol. The molecular formula is C17H16N4. The van der Waals surface area contributed by atoms with Crippen molar-refractivity contribution < 1.29 is 0 Å². The molecular weight excluding hydrogens is 260 g/mol. The summed E-state index contributed by atoms with van der Waals surface area (Å²) < 4.78 is 0. The fraction of sp³-hybridized carbons (Fsp3) is 0.118. The first-order valence-electron chi connectivity index (χ1n) is 6.86. The van der Waals surface area contributed by atoms with Gasteiger partial charge in [0.25, 0.3) is 0 Å². The van der Waals surface area contributed by atoms with Crippen LogP contribution in [0.1, 0.15) is 11.1 Å². The van der Waals surface area contributed by atoms with E-state index in [0.29, 0.717) is 18.3 Å². The molecule has 0 bridgehead atoms. The lowest BCUT2D eigenvalue weighted by atomic mass is 10.1. The van der Waals surface area contributed by atoms with Crippen LogP contribution >= 0.6 is 0 Å². The van der Waals surface area contributed by atoms with Gasteiger partial charge < -0.3 is 5.32 Å². The SMILES string of the molecule is Cc1ccccc1CNc1ncnc(-c2ccccc2)n1. The predicted octanol–water partition coefficient (Wildman–Crippen LogP) is 3.46. The molecule has 0 atom stereocenters. The minimum Gasteiger partial charge on any atom is -0.350 e. The predicted molar refractivity (Wildman–Crippen MR) is 83.8 cm³/mol. The Morgan fingerprint density at radius 3 is 2.48 bits per heavy atom. The highest BCUT2D eigenvalue weighted by molar-refractivity contribution is 5.55. The van der Waals surface area contributed by atoms with E-state index < -0.39 is 0 Å². The van der Waals surface area contributed by atoms with Gasteiger partial charge in [0.15, 0.2) is 5.82 Å². The first kappa shape index (κ1) is 13.2. The van der Waals surface area contributed by atoms with E-state index in [1.165, 1.54) is 17.5 Å².